The predicted molar refractivity (Wildman–Crippen MR) is 72.5 cm³/mol. The average Bonchev–Trinajstić information content (AvgIpc) is 2.75. The minimum atomic E-state index is -1.23. The number of nitrogens with zero attached hydrogens (tertiary/aromatic N) is 2. The summed E-state index contributed by atoms with van der Waals surface area (Å²) in [5, 5.41) is 21.9. The van der Waals surface area contributed by atoms with E-state index in [9.17, 15) is 14.4 Å². The number of aliphatic carboxylic acids is 1. The Morgan fingerprint density at radius 3 is 2.45 bits per heavy atom. The molecule has 0 aromatic carbocycles. The van der Waals surface area contributed by atoms with Gasteiger partial charge in [-0.3, -0.25) is 20.2 Å². The van der Waals surface area contributed by atoms with Crippen LogP contribution in [-0.4, -0.2) is 33.2 Å². The molecule has 0 unspecified atom stereocenters. The molecule has 0 aliphatic rings. The molecule has 0 fully saturated rings. The average molecular weight is 300 g/mol. The van der Waals surface area contributed by atoms with Gasteiger partial charge < -0.3 is 5.11 Å². The monoisotopic (exact) mass is 300 g/mol. The third kappa shape index (κ3) is 4.57. The van der Waals surface area contributed by atoms with Gasteiger partial charge >= 0.3 is 12.0 Å². The summed E-state index contributed by atoms with van der Waals surface area (Å²) in [5.74, 6) is -1.78. The Morgan fingerprint density at radius 1 is 1.30 bits per heavy atom. The van der Waals surface area contributed by atoms with Crippen LogP contribution >= 0.6 is 11.3 Å². The lowest BCUT2D eigenvalue weighted by Crippen LogP contribution is -2.38. The summed E-state index contributed by atoms with van der Waals surface area (Å²) >= 11 is 1.21. The first-order valence-electron chi connectivity index (χ1n) is 5.91. The SMILES string of the molecule is CCc1nnc(NC(=O)NC(=O)CC(C)(C)C(=O)O)s1. The van der Waals surface area contributed by atoms with Gasteiger partial charge in [0.15, 0.2) is 0 Å². The smallest absolute Gasteiger partial charge is 0.327 e. The summed E-state index contributed by atoms with van der Waals surface area (Å²) < 4.78 is 0. The fourth-order valence-electron chi connectivity index (χ4n) is 1.22. The summed E-state index contributed by atoms with van der Waals surface area (Å²) in [6, 6.07) is -0.755. The molecule has 3 N–H and O–H groups in total. The van der Waals surface area contributed by atoms with Gasteiger partial charge in [0.1, 0.15) is 5.01 Å². The lowest BCUT2D eigenvalue weighted by Gasteiger charge is -2.17. The molecule has 0 bridgehead atoms. The number of rotatable bonds is 5. The quantitative estimate of drug-likeness (QED) is 0.752. The zero-order chi connectivity index (χ0) is 15.3. The van der Waals surface area contributed by atoms with Crippen LogP contribution in [0, 0.1) is 5.41 Å². The van der Waals surface area contributed by atoms with E-state index in [1.54, 1.807) is 0 Å². The number of carbonyl (C=O) groups is 3. The normalized spacial score (nSPS) is 10.9. The van der Waals surface area contributed by atoms with Crippen LogP contribution in [0.15, 0.2) is 0 Å². The van der Waals surface area contributed by atoms with Crippen molar-refractivity contribution in [2.45, 2.75) is 33.6 Å². The lowest BCUT2D eigenvalue weighted by atomic mass is 9.89. The van der Waals surface area contributed by atoms with Crippen molar-refractivity contribution in [2.24, 2.45) is 5.41 Å². The van der Waals surface area contributed by atoms with E-state index in [1.165, 1.54) is 25.2 Å². The Bertz CT molecular complexity index is 526. The highest BCUT2D eigenvalue weighted by Gasteiger charge is 2.30. The molecule has 1 aromatic rings. The third-order valence-corrected chi connectivity index (χ3v) is 3.41. The van der Waals surface area contributed by atoms with Crippen molar-refractivity contribution < 1.29 is 19.5 Å². The Morgan fingerprint density at radius 2 is 1.95 bits per heavy atom. The second kappa shape index (κ2) is 6.42. The summed E-state index contributed by atoms with van der Waals surface area (Å²) in [4.78, 5) is 34.0. The predicted octanol–water partition coefficient (Wildman–Crippen LogP) is 1.25. The molecule has 0 spiro atoms. The van der Waals surface area contributed by atoms with Gasteiger partial charge in [0.2, 0.25) is 11.0 Å². The molecule has 0 aliphatic heterocycles. The Labute approximate surface area is 119 Å². The molecule has 0 radical (unpaired) electrons. The molecule has 110 valence electrons. The zero-order valence-corrected chi connectivity index (χ0v) is 12.2. The molecule has 1 rings (SSSR count). The summed E-state index contributed by atoms with van der Waals surface area (Å²) in [7, 11) is 0. The Balaban J connectivity index is 2.50. The van der Waals surface area contributed by atoms with Gasteiger partial charge in [0, 0.05) is 6.42 Å². The van der Waals surface area contributed by atoms with Crippen LogP contribution in [0.5, 0.6) is 0 Å². The van der Waals surface area contributed by atoms with Crippen LogP contribution < -0.4 is 10.6 Å². The number of anilines is 1. The maximum Gasteiger partial charge on any atom is 0.327 e. The molecule has 0 atom stereocenters. The molecular formula is C11H16N4O4S. The van der Waals surface area contributed by atoms with E-state index in [2.05, 4.69) is 20.8 Å². The molecule has 0 aliphatic carbocycles. The highest BCUT2D eigenvalue weighted by molar-refractivity contribution is 7.15. The molecule has 0 saturated carbocycles. The topological polar surface area (TPSA) is 121 Å². The van der Waals surface area contributed by atoms with Crippen LogP contribution in [0.25, 0.3) is 0 Å². The summed E-state index contributed by atoms with van der Waals surface area (Å²) in [6.07, 6.45) is 0.402. The highest BCUT2D eigenvalue weighted by Crippen LogP contribution is 2.20. The van der Waals surface area contributed by atoms with Gasteiger partial charge in [-0.1, -0.05) is 18.3 Å². The van der Waals surface area contributed by atoms with Crippen LogP contribution in [0.3, 0.4) is 0 Å². The molecule has 8 nitrogen and oxygen atoms in total. The minimum Gasteiger partial charge on any atom is -0.481 e. The van der Waals surface area contributed by atoms with E-state index < -0.39 is 23.3 Å². The van der Waals surface area contributed by atoms with Crippen molar-refractivity contribution in [3.63, 3.8) is 0 Å². The van der Waals surface area contributed by atoms with Crippen molar-refractivity contribution in [2.75, 3.05) is 5.32 Å². The summed E-state index contributed by atoms with van der Waals surface area (Å²) in [5.41, 5.74) is -1.23. The van der Waals surface area contributed by atoms with Crippen LogP contribution in [0.1, 0.15) is 32.2 Å². The number of carbonyl (C=O) groups excluding carboxylic acids is 2. The number of aromatic nitrogens is 2. The summed E-state index contributed by atoms with van der Waals surface area (Å²) in [6.45, 7) is 4.72. The first-order valence-corrected chi connectivity index (χ1v) is 6.73. The molecule has 3 amide bonds. The number of hydrogen-bond donors (Lipinski definition) is 3. The molecule has 20 heavy (non-hydrogen) atoms. The van der Waals surface area contributed by atoms with Crippen LogP contribution in [-0.2, 0) is 16.0 Å². The van der Waals surface area contributed by atoms with Gasteiger partial charge in [-0.25, -0.2) is 4.79 Å². The van der Waals surface area contributed by atoms with E-state index in [-0.39, 0.29) is 11.6 Å². The Hall–Kier alpha value is -2.03. The third-order valence-electron chi connectivity index (χ3n) is 2.42. The molecule has 1 heterocycles. The van der Waals surface area contributed by atoms with E-state index in [0.717, 1.165) is 5.01 Å². The molecular weight excluding hydrogens is 284 g/mol. The van der Waals surface area contributed by atoms with Gasteiger partial charge in [0.05, 0.1) is 5.41 Å². The standard InChI is InChI=1S/C11H16N4O4S/c1-4-7-14-15-10(20-7)13-9(19)12-6(16)5-11(2,3)8(17)18/h4-5H2,1-3H3,(H,17,18)(H2,12,13,15,16,19). The highest BCUT2D eigenvalue weighted by atomic mass is 32.1. The molecule has 9 heteroatoms. The Kier molecular flexibility index (Phi) is 5.14. The van der Waals surface area contributed by atoms with Gasteiger partial charge in [-0.05, 0) is 20.3 Å². The van der Waals surface area contributed by atoms with Crippen molar-refractivity contribution >= 4 is 34.4 Å². The van der Waals surface area contributed by atoms with E-state index in [4.69, 9.17) is 5.11 Å². The molecule has 1 aromatic heterocycles. The van der Waals surface area contributed by atoms with Crippen molar-refractivity contribution in [1.29, 1.82) is 0 Å². The van der Waals surface area contributed by atoms with Gasteiger partial charge in [-0.15, -0.1) is 10.2 Å². The maximum atomic E-state index is 11.6. The minimum absolute atomic E-state index is 0.282. The van der Waals surface area contributed by atoms with Crippen molar-refractivity contribution in [3.8, 4) is 0 Å². The number of imide groups is 1. The van der Waals surface area contributed by atoms with Crippen LogP contribution in [0.2, 0.25) is 0 Å². The molecule has 0 saturated heterocycles. The second-order valence-corrected chi connectivity index (χ2v) is 5.78. The van der Waals surface area contributed by atoms with Gasteiger partial charge in [-0.2, -0.15) is 0 Å². The number of aryl methyl sites for hydroxylation is 1. The maximum absolute atomic E-state index is 11.6. The van der Waals surface area contributed by atoms with E-state index >= 15 is 0 Å². The number of nitrogens with one attached hydrogen (secondary N) is 2. The first-order chi connectivity index (χ1) is 9.24. The number of amides is 3. The van der Waals surface area contributed by atoms with Crippen molar-refractivity contribution in [1.82, 2.24) is 15.5 Å². The zero-order valence-electron chi connectivity index (χ0n) is 11.4. The fraction of sp³-hybridized carbons (Fsp3) is 0.545. The number of hydrogen-bond acceptors (Lipinski definition) is 6. The van der Waals surface area contributed by atoms with E-state index in [1.807, 2.05) is 6.92 Å². The van der Waals surface area contributed by atoms with Gasteiger partial charge in [0.25, 0.3) is 0 Å². The fourth-order valence-corrected chi connectivity index (χ4v) is 1.90. The largest absolute Gasteiger partial charge is 0.481 e. The first kappa shape index (κ1) is 16.0. The lowest BCUT2D eigenvalue weighted by molar-refractivity contribution is -0.149. The second-order valence-electron chi connectivity index (χ2n) is 4.72. The van der Waals surface area contributed by atoms with Crippen molar-refractivity contribution in [3.05, 3.63) is 5.01 Å². The van der Waals surface area contributed by atoms with Crippen LogP contribution in [0.4, 0.5) is 9.93 Å². The number of urea groups is 1. The van der Waals surface area contributed by atoms with E-state index in [0.29, 0.717) is 6.42 Å². The number of carboxylic acid groups (broad SMARTS) is 1. The number of carboxylic acids is 1.